The molecular formula is C23H29N3O2. The zero-order valence-corrected chi connectivity index (χ0v) is 16.7. The van der Waals surface area contributed by atoms with Crippen LogP contribution in [-0.4, -0.2) is 42.4 Å². The lowest BCUT2D eigenvalue weighted by Crippen LogP contribution is -2.46. The van der Waals surface area contributed by atoms with E-state index < -0.39 is 0 Å². The first kappa shape index (κ1) is 20.1. The number of hydrogen-bond donors (Lipinski definition) is 2. The van der Waals surface area contributed by atoms with Crippen molar-refractivity contribution in [3.8, 4) is 0 Å². The van der Waals surface area contributed by atoms with Gasteiger partial charge in [-0.3, -0.25) is 14.5 Å². The van der Waals surface area contributed by atoms with Crippen LogP contribution in [0.2, 0.25) is 0 Å². The number of nitrogens with one attached hydrogen (secondary N) is 2. The number of anilines is 1. The quantitative estimate of drug-likeness (QED) is 0.805. The van der Waals surface area contributed by atoms with E-state index in [1.165, 1.54) is 5.56 Å². The van der Waals surface area contributed by atoms with Gasteiger partial charge in [0, 0.05) is 30.4 Å². The van der Waals surface area contributed by atoms with Gasteiger partial charge in [0.05, 0.1) is 6.54 Å². The molecule has 2 amide bonds. The summed E-state index contributed by atoms with van der Waals surface area (Å²) in [5, 5.41) is 6.05. The van der Waals surface area contributed by atoms with Crippen molar-refractivity contribution in [3.05, 3.63) is 65.7 Å². The average Bonchev–Trinajstić information content (AvgIpc) is 2.70. The maximum absolute atomic E-state index is 12.5. The molecule has 2 aromatic rings. The minimum absolute atomic E-state index is 0.000993. The Bertz CT molecular complexity index is 779. The number of likely N-dealkylation sites (tertiary alicyclic amines) is 1. The molecular weight excluding hydrogens is 350 g/mol. The Balaban J connectivity index is 1.42. The van der Waals surface area contributed by atoms with Gasteiger partial charge in [0.1, 0.15) is 0 Å². The fourth-order valence-corrected chi connectivity index (χ4v) is 3.45. The molecule has 5 nitrogen and oxygen atoms in total. The highest BCUT2D eigenvalue weighted by molar-refractivity contribution is 5.94. The van der Waals surface area contributed by atoms with Gasteiger partial charge in [-0.2, -0.15) is 0 Å². The van der Waals surface area contributed by atoms with Gasteiger partial charge in [0.2, 0.25) is 5.91 Å². The van der Waals surface area contributed by atoms with Crippen molar-refractivity contribution in [3.63, 3.8) is 0 Å². The summed E-state index contributed by atoms with van der Waals surface area (Å²) in [5.74, 6) is 0.440. The molecule has 0 spiro atoms. The van der Waals surface area contributed by atoms with Gasteiger partial charge < -0.3 is 10.6 Å². The molecule has 28 heavy (non-hydrogen) atoms. The molecule has 0 aliphatic carbocycles. The third kappa shape index (κ3) is 5.67. The molecule has 3 rings (SSSR count). The number of hydrogen-bond acceptors (Lipinski definition) is 3. The summed E-state index contributed by atoms with van der Waals surface area (Å²) in [5.41, 5.74) is 2.76. The molecule has 1 fully saturated rings. The Morgan fingerprint density at radius 1 is 1.00 bits per heavy atom. The predicted octanol–water partition coefficient (Wildman–Crippen LogP) is 3.64. The zero-order chi connectivity index (χ0) is 19.9. The van der Waals surface area contributed by atoms with Crippen molar-refractivity contribution < 1.29 is 9.59 Å². The standard InChI is InChI=1S/C23H29N3O2/c1-17(2)18-8-10-19(11-9-18)23(28)25-21-12-14-26(15-13-21)16-22(27)24-20-6-4-3-5-7-20/h3-11,17,21H,12-16H2,1-2H3,(H,24,27)(H,25,28). The summed E-state index contributed by atoms with van der Waals surface area (Å²) < 4.78 is 0. The van der Waals surface area contributed by atoms with Crippen LogP contribution < -0.4 is 10.6 Å². The van der Waals surface area contributed by atoms with Crippen molar-refractivity contribution >= 4 is 17.5 Å². The van der Waals surface area contributed by atoms with E-state index in [0.29, 0.717) is 18.0 Å². The van der Waals surface area contributed by atoms with Crippen LogP contribution in [0.3, 0.4) is 0 Å². The molecule has 0 bridgehead atoms. The van der Waals surface area contributed by atoms with Gasteiger partial charge in [-0.05, 0) is 48.6 Å². The molecule has 5 heteroatoms. The van der Waals surface area contributed by atoms with Gasteiger partial charge in [-0.15, -0.1) is 0 Å². The molecule has 1 aliphatic rings. The van der Waals surface area contributed by atoms with Crippen molar-refractivity contribution in [1.82, 2.24) is 10.2 Å². The van der Waals surface area contributed by atoms with Crippen molar-refractivity contribution in [2.24, 2.45) is 0 Å². The second-order valence-electron chi connectivity index (χ2n) is 7.71. The third-order valence-electron chi connectivity index (χ3n) is 5.19. The summed E-state index contributed by atoms with van der Waals surface area (Å²) in [7, 11) is 0. The van der Waals surface area contributed by atoms with Gasteiger partial charge in [0.25, 0.3) is 5.91 Å². The molecule has 2 aromatic carbocycles. The smallest absolute Gasteiger partial charge is 0.251 e. The van der Waals surface area contributed by atoms with Gasteiger partial charge in [-0.25, -0.2) is 0 Å². The van der Waals surface area contributed by atoms with E-state index in [9.17, 15) is 9.59 Å². The van der Waals surface area contributed by atoms with Crippen LogP contribution >= 0.6 is 0 Å². The molecule has 1 saturated heterocycles. The molecule has 2 N–H and O–H groups in total. The maximum atomic E-state index is 12.5. The maximum Gasteiger partial charge on any atom is 0.251 e. The highest BCUT2D eigenvalue weighted by Crippen LogP contribution is 2.16. The lowest BCUT2D eigenvalue weighted by atomic mass is 10.0. The zero-order valence-electron chi connectivity index (χ0n) is 16.7. The number of rotatable bonds is 6. The first-order chi connectivity index (χ1) is 13.5. The summed E-state index contributed by atoms with van der Waals surface area (Å²) in [6, 6.07) is 17.5. The second-order valence-corrected chi connectivity index (χ2v) is 7.71. The minimum atomic E-state index is -0.0180. The Morgan fingerprint density at radius 3 is 2.25 bits per heavy atom. The lowest BCUT2D eigenvalue weighted by Gasteiger charge is -2.31. The number of carbonyl (C=O) groups excluding carboxylic acids is 2. The molecule has 0 unspecified atom stereocenters. The van der Waals surface area contributed by atoms with E-state index in [2.05, 4.69) is 29.4 Å². The van der Waals surface area contributed by atoms with Crippen LogP contribution in [0.25, 0.3) is 0 Å². The number of carbonyl (C=O) groups is 2. The highest BCUT2D eigenvalue weighted by atomic mass is 16.2. The predicted molar refractivity (Wildman–Crippen MR) is 113 cm³/mol. The van der Waals surface area contributed by atoms with Crippen molar-refractivity contribution in [2.45, 2.75) is 38.6 Å². The fourth-order valence-electron chi connectivity index (χ4n) is 3.45. The lowest BCUT2D eigenvalue weighted by molar-refractivity contribution is -0.117. The van der Waals surface area contributed by atoms with Gasteiger partial charge >= 0.3 is 0 Å². The molecule has 1 aliphatic heterocycles. The first-order valence-electron chi connectivity index (χ1n) is 9.99. The van der Waals surface area contributed by atoms with Crippen LogP contribution in [0.5, 0.6) is 0 Å². The Labute approximate surface area is 167 Å². The minimum Gasteiger partial charge on any atom is -0.349 e. The summed E-state index contributed by atoms with van der Waals surface area (Å²) in [4.78, 5) is 26.8. The van der Waals surface area contributed by atoms with Crippen LogP contribution in [0, 0.1) is 0 Å². The SMILES string of the molecule is CC(C)c1ccc(C(=O)NC2CCN(CC(=O)Nc3ccccc3)CC2)cc1. The highest BCUT2D eigenvalue weighted by Gasteiger charge is 2.22. The second kappa shape index (κ2) is 9.51. The normalized spacial score (nSPS) is 15.4. The molecule has 148 valence electrons. The molecule has 0 radical (unpaired) electrons. The monoisotopic (exact) mass is 379 g/mol. The van der Waals surface area contributed by atoms with Crippen LogP contribution in [-0.2, 0) is 4.79 Å². The van der Waals surface area contributed by atoms with E-state index in [1.807, 2.05) is 54.6 Å². The summed E-state index contributed by atoms with van der Waals surface area (Å²) >= 11 is 0. The fraction of sp³-hybridized carbons (Fsp3) is 0.391. The van der Waals surface area contributed by atoms with Gasteiger partial charge in [0.15, 0.2) is 0 Å². The Kier molecular flexibility index (Phi) is 6.82. The molecule has 0 aromatic heterocycles. The van der Waals surface area contributed by atoms with E-state index in [0.717, 1.165) is 31.6 Å². The molecule has 0 atom stereocenters. The largest absolute Gasteiger partial charge is 0.349 e. The van der Waals surface area contributed by atoms with Crippen LogP contribution in [0.15, 0.2) is 54.6 Å². The average molecular weight is 380 g/mol. The van der Waals surface area contributed by atoms with Gasteiger partial charge in [-0.1, -0.05) is 44.2 Å². The van der Waals surface area contributed by atoms with E-state index in [4.69, 9.17) is 0 Å². The number of para-hydroxylation sites is 1. The number of nitrogens with zero attached hydrogens (tertiary/aromatic N) is 1. The topological polar surface area (TPSA) is 61.4 Å². The molecule has 1 heterocycles. The molecule has 0 saturated carbocycles. The third-order valence-corrected chi connectivity index (χ3v) is 5.19. The van der Waals surface area contributed by atoms with E-state index in [1.54, 1.807) is 0 Å². The number of benzene rings is 2. The van der Waals surface area contributed by atoms with E-state index >= 15 is 0 Å². The summed E-state index contributed by atoms with van der Waals surface area (Å²) in [6.07, 6.45) is 1.71. The van der Waals surface area contributed by atoms with Crippen molar-refractivity contribution in [2.75, 3.05) is 25.0 Å². The Morgan fingerprint density at radius 2 is 1.64 bits per heavy atom. The van der Waals surface area contributed by atoms with E-state index in [-0.39, 0.29) is 17.9 Å². The number of amides is 2. The van der Waals surface area contributed by atoms with Crippen LogP contribution in [0.4, 0.5) is 5.69 Å². The Hall–Kier alpha value is -2.66. The van der Waals surface area contributed by atoms with Crippen LogP contribution in [0.1, 0.15) is 48.5 Å². The number of piperidine rings is 1. The summed E-state index contributed by atoms with van der Waals surface area (Å²) in [6.45, 7) is 6.27. The van der Waals surface area contributed by atoms with Crippen molar-refractivity contribution in [1.29, 1.82) is 0 Å². The first-order valence-corrected chi connectivity index (χ1v) is 9.99.